The molecule has 65 heavy (non-hydrogen) atoms. The number of hydrogen-bond acceptors (Lipinski definition) is 11. The van der Waals surface area contributed by atoms with Crippen molar-refractivity contribution in [3.63, 3.8) is 0 Å². The number of nitriles is 2. The van der Waals surface area contributed by atoms with Crippen molar-refractivity contribution in [2.24, 2.45) is 0 Å². The van der Waals surface area contributed by atoms with E-state index in [1.54, 1.807) is 34.9 Å². The molecule has 0 aliphatic carbocycles. The highest BCUT2D eigenvalue weighted by atomic mass is 16.6. The third kappa shape index (κ3) is 16.6. The molecule has 2 aliphatic heterocycles. The summed E-state index contributed by atoms with van der Waals surface area (Å²) in [6.07, 6.45) is 1.37. The minimum Gasteiger partial charge on any atom is -0.494 e. The van der Waals surface area contributed by atoms with E-state index in [0.29, 0.717) is 44.0 Å². The maximum Gasteiger partial charge on any atom is 0.410 e. The second-order valence-corrected chi connectivity index (χ2v) is 17.1. The maximum atomic E-state index is 12.6. The van der Waals surface area contributed by atoms with Crippen molar-refractivity contribution >= 4 is 17.9 Å². The number of carbonyl (C=O) groups is 3. The van der Waals surface area contributed by atoms with Crippen molar-refractivity contribution in [3.8, 4) is 45.9 Å². The lowest BCUT2D eigenvalue weighted by Crippen LogP contribution is -2.51. The topological polar surface area (TPSA) is 155 Å². The van der Waals surface area contributed by atoms with Crippen molar-refractivity contribution in [3.05, 3.63) is 108 Å². The number of carbonyl (C=O) groups excluding carboxylic acids is 3. The summed E-state index contributed by atoms with van der Waals surface area (Å²) in [4.78, 5) is 46.3. The van der Waals surface area contributed by atoms with Crippen molar-refractivity contribution < 1.29 is 28.6 Å². The molecule has 0 saturated carbocycles. The average Bonchev–Trinajstić information content (AvgIpc) is 3.32. The standard InChI is InChI=1S/C28H36N4O4.C23H28N4O2/c1-28(2,3)36-27(34)30(4)21-26(33)32-17-15-31(16-18-32)14-5-19-35-25-12-10-24(11-13-25)23-8-6-22(20-29)7-9-23;1-25-18-23(28)27-14-12-26(13-15-27)11-2-16-29-22-9-7-21(8-10-22)20-5-3-19(17-24)4-6-20/h6-13H,5,14-19,21H2,1-4H3;3-10,25H,2,11-16,18H2,1H3. The molecule has 6 rings (SSSR count). The van der Waals surface area contributed by atoms with Gasteiger partial charge in [-0.15, -0.1) is 0 Å². The van der Waals surface area contributed by atoms with E-state index in [1.807, 2.05) is 107 Å². The molecule has 2 heterocycles. The quantitative estimate of drug-likeness (QED) is 0.125. The summed E-state index contributed by atoms with van der Waals surface area (Å²) in [6.45, 7) is 15.4. The van der Waals surface area contributed by atoms with Gasteiger partial charge in [-0.1, -0.05) is 48.5 Å². The Morgan fingerprint density at radius 2 is 0.969 bits per heavy atom. The van der Waals surface area contributed by atoms with Crippen LogP contribution in [0.25, 0.3) is 22.3 Å². The fourth-order valence-corrected chi connectivity index (χ4v) is 7.33. The molecule has 0 bridgehead atoms. The van der Waals surface area contributed by atoms with Crippen molar-refractivity contribution in [1.82, 2.24) is 29.8 Å². The van der Waals surface area contributed by atoms with Crippen LogP contribution in [0.2, 0.25) is 0 Å². The minimum atomic E-state index is -0.584. The van der Waals surface area contributed by atoms with Gasteiger partial charge in [0.2, 0.25) is 11.8 Å². The van der Waals surface area contributed by atoms with E-state index < -0.39 is 11.7 Å². The summed E-state index contributed by atoms with van der Waals surface area (Å²) < 4.78 is 17.1. The van der Waals surface area contributed by atoms with Gasteiger partial charge in [-0.05, 0) is 111 Å². The zero-order chi connectivity index (χ0) is 46.6. The van der Waals surface area contributed by atoms with Crippen molar-refractivity contribution in [1.29, 1.82) is 10.5 Å². The predicted molar refractivity (Wildman–Crippen MR) is 252 cm³/mol. The molecule has 4 aromatic carbocycles. The monoisotopic (exact) mass is 884 g/mol. The normalized spacial score (nSPS) is 14.3. The highest BCUT2D eigenvalue weighted by Gasteiger charge is 2.26. The number of piperazine rings is 2. The molecule has 14 nitrogen and oxygen atoms in total. The summed E-state index contributed by atoms with van der Waals surface area (Å²) in [7, 11) is 3.39. The molecule has 0 unspecified atom stereocenters. The summed E-state index contributed by atoms with van der Waals surface area (Å²) >= 11 is 0. The van der Waals surface area contributed by atoms with Gasteiger partial charge in [-0.3, -0.25) is 19.4 Å². The third-order valence-electron chi connectivity index (χ3n) is 11.0. The number of likely N-dealkylation sites (N-methyl/N-ethyl adjacent to an activating group) is 2. The molecule has 0 spiro atoms. The molecule has 0 atom stereocenters. The fourth-order valence-electron chi connectivity index (χ4n) is 7.33. The number of amides is 3. The van der Waals surface area contributed by atoms with Gasteiger partial charge in [-0.25, -0.2) is 4.79 Å². The number of ether oxygens (including phenoxy) is 3. The van der Waals surface area contributed by atoms with Crippen LogP contribution in [0.4, 0.5) is 4.79 Å². The molecular weight excluding hydrogens is 821 g/mol. The molecule has 2 aliphatic rings. The first-order valence-electron chi connectivity index (χ1n) is 22.4. The van der Waals surface area contributed by atoms with E-state index in [1.165, 1.54) is 4.90 Å². The number of hydrogen-bond donors (Lipinski definition) is 1. The van der Waals surface area contributed by atoms with Crippen molar-refractivity contribution in [2.45, 2.75) is 39.2 Å². The smallest absolute Gasteiger partial charge is 0.410 e. The Morgan fingerprint density at radius 3 is 1.32 bits per heavy atom. The van der Waals surface area contributed by atoms with E-state index >= 15 is 0 Å². The van der Waals surface area contributed by atoms with Crippen LogP contribution in [-0.2, 0) is 14.3 Å². The van der Waals surface area contributed by atoms with Gasteiger partial charge in [-0.2, -0.15) is 10.5 Å². The van der Waals surface area contributed by atoms with E-state index in [2.05, 4.69) is 27.3 Å². The van der Waals surface area contributed by atoms with Crippen LogP contribution < -0.4 is 14.8 Å². The predicted octanol–water partition coefficient (Wildman–Crippen LogP) is 6.36. The van der Waals surface area contributed by atoms with Gasteiger partial charge in [0.25, 0.3) is 0 Å². The molecule has 2 fully saturated rings. The minimum absolute atomic E-state index is 0.0206. The Balaban J connectivity index is 0.000000250. The highest BCUT2D eigenvalue weighted by Crippen LogP contribution is 2.24. The fraction of sp³-hybridized carbons (Fsp3) is 0.431. The largest absolute Gasteiger partial charge is 0.494 e. The van der Waals surface area contributed by atoms with Crippen LogP contribution in [0.1, 0.15) is 44.7 Å². The van der Waals surface area contributed by atoms with Crippen LogP contribution in [0, 0.1) is 22.7 Å². The molecule has 344 valence electrons. The van der Waals surface area contributed by atoms with Gasteiger partial charge in [0.1, 0.15) is 23.6 Å². The second-order valence-electron chi connectivity index (χ2n) is 17.1. The van der Waals surface area contributed by atoms with E-state index in [0.717, 1.165) is 99.0 Å². The number of rotatable bonds is 16. The lowest BCUT2D eigenvalue weighted by molar-refractivity contribution is -0.134. The molecule has 0 aromatic heterocycles. The molecule has 14 heteroatoms. The molecule has 2 saturated heterocycles. The maximum absolute atomic E-state index is 12.6. The van der Waals surface area contributed by atoms with E-state index in [4.69, 9.17) is 24.7 Å². The van der Waals surface area contributed by atoms with E-state index in [9.17, 15) is 14.4 Å². The number of benzene rings is 4. The zero-order valence-corrected chi connectivity index (χ0v) is 38.6. The van der Waals surface area contributed by atoms with Crippen molar-refractivity contribution in [2.75, 3.05) is 106 Å². The van der Waals surface area contributed by atoms with E-state index in [-0.39, 0.29) is 18.4 Å². The lowest BCUT2D eigenvalue weighted by Gasteiger charge is -2.35. The Kier molecular flexibility index (Phi) is 19.2. The first-order chi connectivity index (χ1) is 31.3. The molecule has 0 radical (unpaired) electrons. The molecule has 1 N–H and O–H groups in total. The number of nitrogens with zero attached hydrogens (tertiary/aromatic N) is 7. The van der Waals surface area contributed by atoms with Gasteiger partial charge in [0, 0.05) is 72.5 Å². The Bertz CT molecular complexity index is 2180. The molecular formula is C51H64N8O6. The first-order valence-corrected chi connectivity index (χ1v) is 22.4. The summed E-state index contributed by atoms with van der Waals surface area (Å²) in [5.74, 6) is 1.82. The van der Waals surface area contributed by atoms with Gasteiger partial charge >= 0.3 is 6.09 Å². The Labute approximate surface area is 384 Å². The van der Waals surface area contributed by atoms with Crippen LogP contribution in [0.5, 0.6) is 11.5 Å². The van der Waals surface area contributed by atoms with Gasteiger partial charge in [0.05, 0.1) is 43.0 Å². The first kappa shape index (κ1) is 49.6. The molecule has 4 aromatic rings. The summed E-state index contributed by atoms with van der Waals surface area (Å²) in [6, 6.07) is 35.4. The SMILES string of the molecule is CN(CC(=O)N1CCN(CCCOc2ccc(-c3ccc(C#N)cc3)cc2)CC1)C(=O)OC(C)(C)C.CNCC(=O)N1CCN(CCCOc2ccc(-c3ccc(C#N)cc3)cc2)CC1. The van der Waals surface area contributed by atoms with Gasteiger partial charge in [0.15, 0.2) is 0 Å². The molecule has 3 amide bonds. The van der Waals surface area contributed by atoms with Gasteiger partial charge < -0.3 is 34.2 Å². The lowest BCUT2D eigenvalue weighted by atomic mass is 10.0. The second kappa shape index (κ2) is 25.1. The average molecular weight is 885 g/mol. The van der Waals surface area contributed by atoms with Crippen LogP contribution >= 0.6 is 0 Å². The van der Waals surface area contributed by atoms with Crippen LogP contribution in [0.15, 0.2) is 97.1 Å². The van der Waals surface area contributed by atoms with Crippen LogP contribution in [-0.4, -0.2) is 154 Å². The Morgan fingerprint density at radius 1 is 0.600 bits per heavy atom. The highest BCUT2D eigenvalue weighted by molar-refractivity contribution is 5.82. The Hall–Kier alpha value is -6.45. The summed E-state index contributed by atoms with van der Waals surface area (Å²) in [5.41, 5.74) is 5.07. The van der Waals surface area contributed by atoms with Crippen LogP contribution in [0.3, 0.4) is 0 Å². The summed E-state index contributed by atoms with van der Waals surface area (Å²) in [5, 5.41) is 20.7. The zero-order valence-electron chi connectivity index (χ0n) is 38.6. The number of nitrogens with one attached hydrogen (secondary N) is 1. The third-order valence-corrected chi connectivity index (χ3v) is 11.0.